The molecule has 0 unspecified atom stereocenters. The highest BCUT2D eigenvalue weighted by atomic mass is 32.1. The molecule has 1 aliphatic rings. The number of thiophene rings is 1. The van der Waals surface area contributed by atoms with Crippen molar-refractivity contribution in [1.29, 1.82) is 0 Å². The number of hydrogen-bond donors (Lipinski definition) is 0. The van der Waals surface area contributed by atoms with E-state index in [9.17, 15) is 4.79 Å². The molecule has 0 bridgehead atoms. The van der Waals surface area contributed by atoms with Crippen molar-refractivity contribution in [3.63, 3.8) is 0 Å². The second-order valence-electron chi connectivity index (χ2n) is 6.72. The van der Waals surface area contributed by atoms with Crippen LogP contribution in [0.15, 0.2) is 32.5 Å². The van der Waals surface area contributed by atoms with Crippen LogP contribution in [-0.2, 0) is 17.8 Å². The third-order valence-electron chi connectivity index (χ3n) is 4.79. The molecule has 0 amide bonds. The third kappa shape index (κ3) is 4.16. The molecule has 0 spiro atoms. The first-order valence-corrected chi connectivity index (χ1v) is 9.99. The number of esters is 1. The number of carbonyl (C=O) groups excluding carboxylic acids is 1. The molecule has 4 heterocycles. The Kier molecular flexibility index (Phi) is 5.56. The maximum atomic E-state index is 11.7. The lowest BCUT2D eigenvalue weighted by atomic mass is 10.2. The fraction of sp³-hybridized carbons (Fsp3) is 0.421. The van der Waals surface area contributed by atoms with Crippen molar-refractivity contribution in [2.45, 2.75) is 20.0 Å². The summed E-state index contributed by atoms with van der Waals surface area (Å²) in [6, 6.07) is 5.74. The van der Waals surface area contributed by atoms with Crippen LogP contribution in [0, 0.1) is 6.92 Å². The van der Waals surface area contributed by atoms with Gasteiger partial charge in [0.15, 0.2) is 0 Å². The fourth-order valence-corrected chi connectivity index (χ4v) is 3.93. The Morgan fingerprint density at radius 1 is 1.25 bits per heavy atom. The monoisotopic (exact) mass is 402 g/mol. The van der Waals surface area contributed by atoms with Crippen LogP contribution >= 0.6 is 11.3 Å². The Balaban J connectivity index is 1.29. The lowest BCUT2D eigenvalue weighted by molar-refractivity contribution is 0.0599. The van der Waals surface area contributed by atoms with E-state index < -0.39 is 0 Å². The molecule has 0 radical (unpaired) electrons. The Bertz CT molecular complexity index is 926. The highest BCUT2D eigenvalue weighted by Crippen LogP contribution is 2.22. The van der Waals surface area contributed by atoms with Gasteiger partial charge in [-0.1, -0.05) is 11.2 Å². The first-order chi connectivity index (χ1) is 13.6. The largest absolute Gasteiger partial charge is 0.465 e. The van der Waals surface area contributed by atoms with Gasteiger partial charge in [-0.15, -0.1) is 11.3 Å². The van der Waals surface area contributed by atoms with Crippen LogP contribution in [0.5, 0.6) is 0 Å². The zero-order valence-electron chi connectivity index (χ0n) is 15.9. The number of ether oxygens (including phenoxy) is 1. The molecule has 1 fully saturated rings. The van der Waals surface area contributed by atoms with Crippen molar-refractivity contribution in [3.05, 3.63) is 46.6 Å². The number of methoxy groups -OCH3 is 1. The normalized spacial score (nSPS) is 15.8. The van der Waals surface area contributed by atoms with Gasteiger partial charge in [0.1, 0.15) is 17.1 Å². The molecule has 1 aliphatic heterocycles. The molecule has 0 aromatic carbocycles. The molecule has 0 N–H and O–H groups in total. The zero-order chi connectivity index (χ0) is 19.5. The van der Waals surface area contributed by atoms with E-state index in [0.29, 0.717) is 36.1 Å². The van der Waals surface area contributed by atoms with Gasteiger partial charge in [-0.25, -0.2) is 4.79 Å². The number of carbonyl (C=O) groups is 1. The lowest BCUT2D eigenvalue weighted by Gasteiger charge is -2.33. The lowest BCUT2D eigenvalue weighted by Crippen LogP contribution is -2.45. The van der Waals surface area contributed by atoms with Crippen LogP contribution in [0.4, 0.5) is 0 Å². The van der Waals surface area contributed by atoms with Crippen LogP contribution in [0.2, 0.25) is 0 Å². The second-order valence-corrected chi connectivity index (χ2v) is 7.66. The molecule has 1 saturated heterocycles. The number of aryl methyl sites for hydroxylation is 1. The summed E-state index contributed by atoms with van der Waals surface area (Å²) in [5.41, 5.74) is 0.495. The van der Waals surface area contributed by atoms with Gasteiger partial charge in [0.25, 0.3) is 0 Å². The zero-order valence-corrected chi connectivity index (χ0v) is 16.7. The minimum Gasteiger partial charge on any atom is -0.465 e. The van der Waals surface area contributed by atoms with Gasteiger partial charge in [-0.3, -0.25) is 9.80 Å². The number of piperazine rings is 1. The number of rotatable bonds is 6. The summed E-state index contributed by atoms with van der Waals surface area (Å²) >= 11 is 1.60. The first-order valence-electron chi connectivity index (χ1n) is 9.11. The Morgan fingerprint density at radius 3 is 2.68 bits per heavy atom. The molecule has 3 aromatic rings. The van der Waals surface area contributed by atoms with Crippen LogP contribution in [0.1, 0.15) is 27.8 Å². The van der Waals surface area contributed by atoms with E-state index in [1.54, 1.807) is 24.3 Å². The Hall–Kier alpha value is -2.49. The van der Waals surface area contributed by atoms with Gasteiger partial charge >= 0.3 is 5.97 Å². The molecule has 0 saturated carbocycles. The second kappa shape index (κ2) is 8.26. The van der Waals surface area contributed by atoms with Crippen LogP contribution in [0.3, 0.4) is 0 Å². The summed E-state index contributed by atoms with van der Waals surface area (Å²) in [4.78, 5) is 21.8. The molecule has 8 nitrogen and oxygen atoms in total. The number of furan rings is 1. The van der Waals surface area contributed by atoms with Crippen molar-refractivity contribution in [2.24, 2.45) is 0 Å². The highest BCUT2D eigenvalue weighted by molar-refractivity contribution is 7.13. The summed E-state index contributed by atoms with van der Waals surface area (Å²) in [5, 5.41) is 6.06. The van der Waals surface area contributed by atoms with E-state index >= 15 is 0 Å². The number of nitrogens with zero attached hydrogens (tertiary/aromatic N) is 4. The minimum atomic E-state index is -0.362. The van der Waals surface area contributed by atoms with E-state index in [-0.39, 0.29) is 5.97 Å². The summed E-state index contributed by atoms with van der Waals surface area (Å²) in [6.45, 7) is 6.72. The quantitative estimate of drug-likeness (QED) is 0.582. The maximum absolute atomic E-state index is 11.7. The minimum absolute atomic E-state index is 0.362. The van der Waals surface area contributed by atoms with Crippen LogP contribution in [0.25, 0.3) is 10.7 Å². The molecular weight excluding hydrogens is 380 g/mol. The van der Waals surface area contributed by atoms with Crippen LogP contribution < -0.4 is 0 Å². The highest BCUT2D eigenvalue weighted by Gasteiger charge is 2.22. The average molecular weight is 402 g/mol. The predicted octanol–water partition coefficient (Wildman–Crippen LogP) is 2.80. The smallest absolute Gasteiger partial charge is 0.341 e. The molecular formula is C19H22N4O4S. The van der Waals surface area contributed by atoms with E-state index in [1.165, 1.54) is 7.11 Å². The van der Waals surface area contributed by atoms with Crippen LogP contribution in [-0.4, -0.2) is 59.2 Å². The van der Waals surface area contributed by atoms with E-state index in [4.69, 9.17) is 13.7 Å². The number of aromatic nitrogens is 2. The Labute approximate surface area is 166 Å². The summed E-state index contributed by atoms with van der Waals surface area (Å²) in [6.07, 6.45) is 0. The maximum Gasteiger partial charge on any atom is 0.341 e. The van der Waals surface area contributed by atoms with E-state index in [2.05, 4.69) is 19.9 Å². The Morgan fingerprint density at radius 2 is 2.00 bits per heavy atom. The van der Waals surface area contributed by atoms with Gasteiger partial charge in [-0.05, 0) is 24.4 Å². The molecule has 9 heteroatoms. The van der Waals surface area contributed by atoms with Gasteiger partial charge in [0.05, 0.1) is 25.1 Å². The van der Waals surface area contributed by atoms with Gasteiger partial charge in [0, 0.05) is 26.2 Å². The molecule has 4 rings (SSSR count). The van der Waals surface area contributed by atoms with Gasteiger partial charge in [0.2, 0.25) is 11.7 Å². The van der Waals surface area contributed by atoms with Crippen molar-refractivity contribution in [2.75, 3.05) is 33.3 Å². The average Bonchev–Trinajstić information content (AvgIpc) is 3.44. The SMILES string of the molecule is COC(=O)c1cc(CN2CCN(Cc3nc(-c4cccs4)no3)CC2)oc1C. The molecule has 0 aliphatic carbocycles. The van der Waals surface area contributed by atoms with E-state index in [0.717, 1.165) is 36.8 Å². The van der Waals surface area contributed by atoms with Gasteiger partial charge < -0.3 is 13.7 Å². The summed E-state index contributed by atoms with van der Waals surface area (Å²) in [5.74, 6) is 2.31. The molecule has 3 aromatic heterocycles. The summed E-state index contributed by atoms with van der Waals surface area (Å²) in [7, 11) is 1.38. The van der Waals surface area contributed by atoms with Gasteiger partial charge in [-0.2, -0.15) is 4.98 Å². The van der Waals surface area contributed by atoms with Crippen molar-refractivity contribution >= 4 is 17.3 Å². The molecule has 28 heavy (non-hydrogen) atoms. The van der Waals surface area contributed by atoms with E-state index in [1.807, 2.05) is 17.5 Å². The third-order valence-corrected chi connectivity index (χ3v) is 5.65. The van der Waals surface area contributed by atoms with Crippen molar-refractivity contribution < 1.29 is 18.5 Å². The molecule has 0 atom stereocenters. The van der Waals surface area contributed by atoms with Crippen molar-refractivity contribution in [1.82, 2.24) is 19.9 Å². The standard InChI is InChI=1S/C19H22N4O4S/c1-13-15(19(24)25-2)10-14(26-13)11-22-5-7-23(8-6-22)12-17-20-18(21-27-17)16-4-3-9-28-16/h3-4,9-10H,5-8,11-12H2,1-2H3. The summed E-state index contributed by atoms with van der Waals surface area (Å²) < 4.78 is 15.9. The number of hydrogen-bond acceptors (Lipinski definition) is 9. The predicted molar refractivity (Wildman–Crippen MR) is 103 cm³/mol. The fourth-order valence-electron chi connectivity index (χ4n) is 3.28. The first kappa shape index (κ1) is 18.9. The topological polar surface area (TPSA) is 84.8 Å². The van der Waals surface area contributed by atoms with Crippen molar-refractivity contribution in [3.8, 4) is 10.7 Å². The molecule has 148 valence electrons.